The van der Waals surface area contributed by atoms with Crippen LogP contribution in [0.2, 0.25) is 0 Å². The predicted octanol–water partition coefficient (Wildman–Crippen LogP) is -0.902. The lowest BCUT2D eigenvalue weighted by atomic mass is 10.2. The summed E-state index contributed by atoms with van der Waals surface area (Å²) in [7, 11) is 0. The lowest BCUT2D eigenvalue weighted by Crippen LogP contribution is -2.40. The molecule has 1 rings (SSSR count). The van der Waals surface area contributed by atoms with E-state index in [1.54, 1.807) is 0 Å². The molecule has 11 heavy (non-hydrogen) atoms. The first-order valence-electron chi connectivity index (χ1n) is 3.51. The zero-order valence-corrected chi connectivity index (χ0v) is 6.91. The quantitative estimate of drug-likeness (QED) is 0.473. The molecular weight excluding hydrogens is 162 g/mol. The van der Waals surface area contributed by atoms with Crippen molar-refractivity contribution in [1.29, 1.82) is 0 Å². The maximum absolute atomic E-state index is 10.7. The molecule has 0 radical (unpaired) electrons. The second kappa shape index (κ2) is 3.52. The summed E-state index contributed by atoms with van der Waals surface area (Å²) in [4.78, 5) is 10.7. The van der Waals surface area contributed by atoms with Crippen molar-refractivity contribution in [2.45, 2.75) is 18.9 Å². The van der Waals surface area contributed by atoms with Crippen LogP contribution in [0.5, 0.6) is 0 Å². The molecule has 1 fully saturated rings. The summed E-state index contributed by atoms with van der Waals surface area (Å²) in [5, 5.41) is 5.88. The van der Waals surface area contributed by atoms with Crippen LogP contribution in [-0.4, -0.2) is 23.6 Å². The largest absolute Gasteiger partial charge is 0.376 e. The standard InChI is InChI=1S/C6H11N3OS/c7-6(11)8-3-4-1-2-5(10)9-4/h4H,1-3H2,(H,9,10)(H3,7,8,11). The maximum atomic E-state index is 10.7. The van der Waals surface area contributed by atoms with E-state index in [1.165, 1.54) is 0 Å². The minimum absolute atomic E-state index is 0.111. The molecule has 1 aliphatic heterocycles. The Labute approximate surface area is 70.5 Å². The van der Waals surface area contributed by atoms with Gasteiger partial charge in [-0.3, -0.25) is 4.79 Å². The highest BCUT2D eigenvalue weighted by molar-refractivity contribution is 7.80. The molecule has 0 aliphatic carbocycles. The number of hydrogen-bond acceptors (Lipinski definition) is 2. The highest BCUT2D eigenvalue weighted by Crippen LogP contribution is 2.04. The van der Waals surface area contributed by atoms with Crippen molar-refractivity contribution in [3.63, 3.8) is 0 Å². The van der Waals surface area contributed by atoms with Crippen molar-refractivity contribution in [3.05, 3.63) is 0 Å². The minimum atomic E-state index is 0.111. The van der Waals surface area contributed by atoms with E-state index in [2.05, 4.69) is 22.9 Å². The SMILES string of the molecule is NC(=S)NCC1CCC(=O)N1. The first kappa shape index (κ1) is 8.26. The second-order valence-corrected chi connectivity index (χ2v) is 2.99. The first-order valence-corrected chi connectivity index (χ1v) is 3.92. The molecule has 1 heterocycles. The molecule has 0 aromatic carbocycles. The summed E-state index contributed by atoms with van der Waals surface area (Å²) in [6, 6.07) is 0.198. The summed E-state index contributed by atoms with van der Waals surface area (Å²) in [6.07, 6.45) is 1.48. The monoisotopic (exact) mass is 173 g/mol. The van der Waals surface area contributed by atoms with Gasteiger partial charge in [-0.1, -0.05) is 0 Å². The molecule has 0 spiro atoms. The summed E-state index contributed by atoms with van der Waals surface area (Å²) in [5.74, 6) is 0.111. The molecule has 0 aromatic heterocycles. The molecule has 0 bridgehead atoms. The van der Waals surface area contributed by atoms with Gasteiger partial charge in [0, 0.05) is 19.0 Å². The van der Waals surface area contributed by atoms with Crippen molar-refractivity contribution < 1.29 is 4.79 Å². The van der Waals surface area contributed by atoms with Gasteiger partial charge in [-0.15, -0.1) is 0 Å². The molecule has 1 amide bonds. The topological polar surface area (TPSA) is 67.1 Å². The highest BCUT2D eigenvalue weighted by Gasteiger charge is 2.19. The molecular formula is C6H11N3OS. The van der Waals surface area contributed by atoms with Gasteiger partial charge in [0.25, 0.3) is 0 Å². The van der Waals surface area contributed by atoms with E-state index >= 15 is 0 Å². The van der Waals surface area contributed by atoms with Gasteiger partial charge in [0.05, 0.1) is 0 Å². The fourth-order valence-corrected chi connectivity index (χ4v) is 1.14. The maximum Gasteiger partial charge on any atom is 0.220 e. The van der Waals surface area contributed by atoms with Gasteiger partial charge < -0.3 is 16.4 Å². The third kappa shape index (κ3) is 2.71. The van der Waals surface area contributed by atoms with Gasteiger partial charge in [-0.05, 0) is 18.6 Å². The van der Waals surface area contributed by atoms with E-state index in [0.717, 1.165) is 6.42 Å². The minimum Gasteiger partial charge on any atom is -0.376 e. The molecule has 1 unspecified atom stereocenters. The molecule has 5 heteroatoms. The van der Waals surface area contributed by atoms with Crippen LogP contribution in [0.4, 0.5) is 0 Å². The normalized spacial score (nSPS) is 22.9. The van der Waals surface area contributed by atoms with Crippen LogP contribution >= 0.6 is 12.2 Å². The molecule has 0 saturated carbocycles. The number of carbonyl (C=O) groups excluding carboxylic acids is 1. The Hall–Kier alpha value is -0.840. The zero-order chi connectivity index (χ0) is 8.27. The number of hydrogen-bond donors (Lipinski definition) is 3. The van der Waals surface area contributed by atoms with E-state index in [4.69, 9.17) is 5.73 Å². The number of carbonyl (C=O) groups is 1. The van der Waals surface area contributed by atoms with Crippen LogP contribution in [0.3, 0.4) is 0 Å². The van der Waals surface area contributed by atoms with Gasteiger partial charge in [0.2, 0.25) is 5.91 Å². The van der Waals surface area contributed by atoms with Crippen molar-refractivity contribution in [3.8, 4) is 0 Å². The van der Waals surface area contributed by atoms with E-state index in [-0.39, 0.29) is 17.1 Å². The van der Waals surface area contributed by atoms with Crippen LogP contribution in [0.1, 0.15) is 12.8 Å². The number of nitrogens with two attached hydrogens (primary N) is 1. The highest BCUT2D eigenvalue weighted by atomic mass is 32.1. The molecule has 1 aliphatic rings. The summed E-state index contributed by atoms with van der Waals surface area (Å²) >= 11 is 4.61. The Morgan fingerprint density at radius 3 is 3.09 bits per heavy atom. The predicted molar refractivity (Wildman–Crippen MR) is 46.0 cm³/mol. The van der Waals surface area contributed by atoms with Gasteiger partial charge >= 0.3 is 0 Å². The van der Waals surface area contributed by atoms with Crippen LogP contribution < -0.4 is 16.4 Å². The number of thiocarbonyl (C=S) groups is 1. The Kier molecular flexibility index (Phi) is 2.64. The van der Waals surface area contributed by atoms with Gasteiger partial charge in [0.15, 0.2) is 5.11 Å². The summed E-state index contributed by atoms with van der Waals surface area (Å²) < 4.78 is 0. The van der Waals surface area contributed by atoms with E-state index < -0.39 is 0 Å². The third-order valence-corrected chi connectivity index (χ3v) is 1.75. The Morgan fingerprint density at radius 1 is 1.91 bits per heavy atom. The van der Waals surface area contributed by atoms with E-state index in [1.807, 2.05) is 0 Å². The fourth-order valence-electron chi connectivity index (χ4n) is 1.05. The van der Waals surface area contributed by atoms with Crippen molar-refractivity contribution in [2.24, 2.45) is 5.73 Å². The van der Waals surface area contributed by atoms with Crippen molar-refractivity contribution in [1.82, 2.24) is 10.6 Å². The number of rotatable bonds is 2. The van der Waals surface area contributed by atoms with Crippen LogP contribution in [0.15, 0.2) is 0 Å². The summed E-state index contributed by atoms with van der Waals surface area (Å²) in [5.41, 5.74) is 5.21. The van der Waals surface area contributed by atoms with Crippen molar-refractivity contribution in [2.75, 3.05) is 6.54 Å². The van der Waals surface area contributed by atoms with Crippen LogP contribution in [0, 0.1) is 0 Å². The third-order valence-electron chi connectivity index (χ3n) is 1.61. The Balaban J connectivity index is 2.18. The number of amides is 1. The molecule has 0 aromatic rings. The zero-order valence-electron chi connectivity index (χ0n) is 6.09. The van der Waals surface area contributed by atoms with E-state index in [9.17, 15) is 4.79 Å². The molecule has 1 atom stereocenters. The smallest absolute Gasteiger partial charge is 0.220 e. The molecule has 62 valence electrons. The molecule has 4 nitrogen and oxygen atoms in total. The van der Waals surface area contributed by atoms with Crippen LogP contribution in [-0.2, 0) is 4.79 Å². The average Bonchev–Trinajstić information content (AvgIpc) is 2.31. The Morgan fingerprint density at radius 2 is 2.64 bits per heavy atom. The lowest BCUT2D eigenvalue weighted by Gasteiger charge is -2.10. The first-order chi connectivity index (χ1) is 5.18. The van der Waals surface area contributed by atoms with Crippen LogP contribution in [0.25, 0.3) is 0 Å². The Bertz CT molecular complexity index is 183. The van der Waals surface area contributed by atoms with E-state index in [0.29, 0.717) is 13.0 Å². The van der Waals surface area contributed by atoms with Gasteiger partial charge in [0.1, 0.15) is 0 Å². The molecule has 4 N–H and O–H groups in total. The van der Waals surface area contributed by atoms with Gasteiger partial charge in [-0.2, -0.15) is 0 Å². The lowest BCUT2D eigenvalue weighted by molar-refractivity contribution is -0.119. The van der Waals surface area contributed by atoms with Crippen molar-refractivity contribution >= 4 is 23.2 Å². The fraction of sp³-hybridized carbons (Fsp3) is 0.667. The second-order valence-electron chi connectivity index (χ2n) is 2.55. The van der Waals surface area contributed by atoms with Gasteiger partial charge in [-0.25, -0.2) is 0 Å². The number of nitrogens with one attached hydrogen (secondary N) is 2. The molecule has 1 saturated heterocycles. The average molecular weight is 173 g/mol. The summed E-state index contributed by atoms with van der Waals surface area (Å²) in [6.45, 7) is 0.640.